The molecule has 0 fully saturated rings. The fourth-order valence-corrected chi connectivity index (χ4v) is 4.29. The number of carbonyl (C=O) groups is 2. The molecule has 0 aliphatic rings. The molecule has 1 unspecified atom stereocenters. The van der Waals surface area contributed by atoms with Crippen LogP contribution in [0.3, 0.4) is 0 Å². The van der Waals surface area contributed by atoms with Crippen LogP contribution in [0.25, 0.3) is 0 Å². The van der Waals surface area contributed by atoms with Crippen molar-refractivity contribution in [1.29, 1.82) is 0 Å². The maximum absolute atomic E-state index is 11.9. The van der Waals surface area contributed by atoms with Gasteiger partial charge in [0.1, 0.15) is 6.10 Å². The number of ether oxygens (including phenoxy) is 2. The highest BCUT2D eigenvalue weighted by molar-refractivity contribution is 5.69. The zero-order valence-electron chi connectivity index (χ0n) is 23.2. The van der Waals surface area contributed by atoms with E-state index in [1.807, 2.05) is 0 Å². The Balaban J connectivity index is 3.35. The SMILES string of the molecule is CCCCCCCCCCCCCOC(=O)CCCCCCCCC(=O)OC(CC)CCCC. The second-order valence-corrected chi connectivity index (χ2v) is 10.0. The highest BCUT2D eigenvalue weighted by Gasteiger charge is 2.11. The Hall–Kier alpha value is -1.06. The fourth-order valence-electron chi connectivity index (χ4n) is 4.29. The Bertz CT molecular complexity index is 449. The molecule has 0 saturated heterocycles. The van der Waals surface area contributed by atoms with Crippen LogP contribution in [0.4, 0.5) is 0 Å². The molecule has 1 atom stereocenters. The predicted octanol–water partition coefficient (Wildman–Crippen LogP) is 9.47. The van der Waals surface area contributed by atoms with Crippen molar-refractivity contribution in [2.24, 2.45) is 0 Å². The summed E-state index contributed by atoms with van der Waals surface area (Å²) in [6, 6.07) is 0. The van der Waals surface area contributed by atoms with Crippen molar-refractivity contribution in [3.63, 3.8) is 0 Å². The average molecular weight is 483 g/mol. The molecule has 0 N–H and O–H groups in total. The third-order valence-corrected chi connectivity index (χ3v) is 6.66. The lowest BCUT2D eigenvalue weighted by Gasteiger charge is -2.15. The lowest BCUT2D eigenvalue weighted by Crippen LogP contribution is -2.17. The van der Waals surface area contributed by atoms with Gasteiger partial charge >= 0.3 is 11.9 Å². The Morgan fingerprint density at radius 1 is 0.529 bits per heavy atom. The molecule has 0 saturated carbocycles. The van der Waals surface area contributed by atoms with Crippen LogP contribution in [0.15, 0.2) is 0 Å². The summed E-state index contributed by atoms with van der Waals surface area (Å²) in [4.78, 5) is 23.8. The fraction of sp³-hybridized carbons (Fsp3) is 0.933. The second-order valence-electron chi connectivity index (χ2n) is 10.0. The molecule has 0 spiro atoms. The van der Waals surface area contributed by atoms with Crippen molar-refractivity contribution in [3.05, 3.63) is 0 Å². The standard InChI is InChI=1S/C30H58O4/c1-4-7-9-10-11-12-13-14-17-20-23-27-33-29(31)25-21-18-15-16-19-22-26-30(32)34-28(6-3)24-8-5-2/h28H,4-27H2,1-3H3. The molecule has 0 rings (SSSR count). The first kappa shape index (κ1) is 32.9. The van der Waals surface area contributed by atoms with E-state index in [1.54, 1.807) is 0 Å². The highest BCUT2D eigenvalue weighted by Crippen LogP contribution is 2.14. The molecule has 0 aromatic heterocycles. The molecule has 0 aromatic rings. The zero-order valence-corrected chi connectivity index (χ0v) is 23.2. The van der Waals surface area contributed by atoms with E-state index in [0.29, 0.717) is 19.4 Å². The third kappa shape index (κ3) is 24.1. The Morgan fingerprint density at radius 2 is 0.971 bits per heavy atom. The summed E-state index contributed by atoms with van der Waals surface area (Å²) >= 11 is 0. The van der Waals surface area contributed by atoms with Gasteiger partial charge in [0.15, 0.2) is 0 Å². The Labute approximate surface area is 212 Å². The van der Waals surface area contributed by atoms with Gasteiger partial charge in [-0.3, -0.25) is 9.59 Å². The summed E-state index contributed by atoms with van der Waals surface area (Å²) in [5, 5.41) is 0. The highest BCUT2D eigenvalue weighted by atomic mass is 16.5. The average Bonchev–Trinajstić information content (AvgIpc) is 2.84. The van der Waals surface area contributed by atoms with Crippen LogP contribution in [0, 0.1) is 0 Å². The third-order valence-electron chi connectivity index (χ3n) is 6.66. The molecule has 0 radical (unpaired) electrons. The summed E-state index contributed by atoms with van der Waals surface area (Å²) in [6.45, 7) is 7.10. The van der Waals surface area contributed by atoms with Gasteiger partial charge in [0.05, 0.1) is 6.61 Å². The smallest absolute Gasteiger partial charge is 0.306 e. The quantitative estimate of drug-likeness (QED) is 0.0909. The summed E-state index contributed by atoms with van der Waals surface area (Å²) < 4.78 is 10.9. The molecule has 0 amide bonds. The van der Waals surface area contributed by atoms with E-state index in [0.717, 1.165) is 70.6 Å². The second kappa shape index (κ2) is 26.5. The Morgan fingerprint density at radius 3 is 1.47 bits per heavy atom. The maximum atomic E-state index is 11.9. The molecule has 0 aromatic carbocycles. The minimum Gasteiger partial charge on any atom is -0.466 e. The first-order valence-corrected chi connectivity index (χ1v) is 15.0. The van der Waals surface area contributed by atoms with Crippen LogP contribution in [0.5, 0.6) is 0 Å². The first-order valence-electron chi connectivity index (χ1n) is 15.0. The summed E-state index contributed by atoms with van der Waals surface area (Å²) in [6.07, 6.45) is 25.9. The van der Waals surface area contributed by atoms with Gasteiger partial charge in [0.25, 0.3) is 0 Å². The van der Waals surface area contributed by atoms with Crippen LogP contribution in [-0.2, 0) is 19.1 Å². The van der Waals surface area contributed by atoms with Gasteiger partial charge in [-0.1, -0.05) is 124 Å². The molecule has 4 heteroatoms. The van der Waals surface area contributed by atoms with Gasteiger partial charge in [-0.05, 0) is 32.1 Å². The van der Waals surface area contributed by atoms with Crippen molar-refractivity contribution >= 4 is 11.9 Å². The van der Waals surface area contributed by atoms with Gasteiger partial charge < -0.3 is 9.47 Å². The van der Waals surface area contributed by atoms with Crippen LogP contribution in [0.2, 0.25) is 0 Å². The number of hydrogen-bond acceptors (Lipinski definition) is 4. The minimum absolute atomic E-state index is 0.0384. The van der Waals surface area contributed by atoms with E-state index in [1.165, 1.54) is 64.2 Å². The van der Waals surface area contributed by atoms with Crippen molar-refractivity contribution < 1.29 is 19.1 Å². The maximum Gasteiger partial charge on any atom is 0.306 e. The lowest BCUT2D eigenvalue weighted by atomic mass is 10.1. The molecule has 0 heterocycles. The van der Waals surface area contributed by atoms with Crippen LogP contribution in [-0.4, -0.2) is 24.6 Å². The molecule has 202 valence electrons. The van der Waals surface area contributed by atoms with E-state index in [9.17, 15) is 9.59 Å². The van der Waals surface area contributed by atoms with Gasteiger partial charge in [0.2, 0.25) is 0 Å². The molecule has 34 heavy (non-hydrogen) atoms. The van der Waals surface area contributed by atoms with Gasteiger partial charge in [-0.15, -0.1) is 0 Å². The summed E-state index contributed by atoms with van der Waals surface area (Å²) in [5.74, 6) is -0.0770. The normalized spacial score (nSPS) is 12.0. The first-order chi connectivity index (χ1) is 16.6. The molecule has 0 bridgehead atoms. The van der Waals surface area contributed by atoms with E-state index >= 15 is 0 Å². The lowest BCUT2D eigenvalue weighted by molar-refractivity contribution is -0.149. The largest absolute Gasteiger partial charge is 0.466 e. The topological polar surface area (TPSA) is 52.6 Å². The van der Waals surface area contributed by atoms with Crippen molar-refractivity contribution in [1.82, 2.24) is 0 Å². The van der Waals surface area contributed by atoms with Crippen molar-refractivity contribution in [2.75, 3.05) is 6.61 Å². The van der Waals surface area contributed by atoms with Crippen LogP contribution in [0.1, 0.15) is 168 Å². The van der Waals surface area contributed by atoms with E-state index in [-0.39, 0.29) is 18.0 Å². The van der Waals surface area contributed by atoms with E-state index in [2.05, 4.69) is 20.8 Å². The van der Waals surface area contributed by atoms with Gasteiger partial charge in [-0.25, -0.2) is 0 Å². The molecule has 0 aliphatic carbocycles. The Kier molecular flexibility index (Phi) is 25.7. The molecular formula is C30H58O4. The predicted molar refractivity (Wildman–Crippen MR) is 144 cm³/mol. The number of hydrogen-bond donors (Lipinski definition) is 0. The summed E-state index contributed by atoms with van der Waals surface area (Å²) in [7, 11) is 0. The van der Waals surface area contributed by atoms with Crippen LogP contribution >= 0.6 is 0 Å². The molecule has 0 aliphatic heterocycles. The van der Waals surface area contributed by atoms with Crippen molar-refractivity contribution in [2.45, 2.75) is 175 Å². The van der Waals surface area contributed by atoms with E-state index < -0.39 is 0 Å². The molecular weight excluding hydrogens is 424 g/mol. The van der Waals surface area contributed by atoms with Crippen LogP contribution < -0.4 is 0 Å². The van der Waals surface area contributed by atoms with Gasteiger partial charge in [0, 0.05) is 12.8 Å². The van der Waals surface area contributed by atoms with E-state index in [4.69, 9.17) is 9.47 Å². The number of unbranched alkanes of at least 4 members (excludes halogenated alkanes) is 16. The zero-order chi connectivity index (χ0) is 25.1. The number of esters is 2. The summed E-state index contributed by atoms with van der Waals surface area (Å²) in [5.41, 5.74) is 0. The number of carbonyl (C=O) groups excluding carboxylic acids is 2. The molecule has 4 nitrogen and oxygen atoms in total. The van der Waals surface area contributed by atoms with Gasteiger partial charge in [-0.2, -0.15) is 0 Å². The minimum atomic E-state index is -0.0385. The monoisotopic (exact) mass is 482 g/mol. The van der Waals surface area contributed by atoms with Crippen molar-refractivity contribution in [3.8, 4) is 0 Å². The number of rotatable bonds is 26.